The van der Waals surface area contributed by atoms with E-state index in [1.54, 1.807) is 0 Å². The van der Waals surface area contributed by atoms with Crippen molar-refractivity contribution >= 4 is 0 Å². The Labute approximate surface area is 110 Å². The van der Waals surface area contributed by atoms with Crippen LogP contribution in [0.25, 0.3) is 0 Å². The second kappa shape index (κ2) is 5.41. The van der Waals surface area contributed by atoms with E-state index in [1.165, 1.54) is 35.1 Å². The second-order valence-corrected chi connectivity index (χ2v) is 5.96. The summed E-state index contributed by atoms with van der Waals surface area (Å²) < 4.78 is 0. The van der Waals surface area contributed by atoms with Gasteiger partial charge in [-0.1, -0.05) is 17.7 Å². The first-order chi connectivity index (χ1) is 8.56. The maximum absolute atomic E-state index is 9.25. The van der Waals surface area contributed by atoms with Gasteiger partial charge in [0.25, 0.3) is 0 Å². The molecule has 0 spiro atoms. The number of hydrogen-bond acceptors (Lipinski definition) is 2. The molecule has 2 rings (SSSR count). The predicted molar refractivity (Wildman–Crippen MR) is 76.0 cm³/mol. The third-order valence-corrected chi connectivity index (χ3v) is 4.18. The Morgan fingerprint density at radius 3 is 2.28 bits per heavy atom. The van der Waals surface area contributed by atoms with Crippen molar-refractivity contribution in [1.82, 2.24) is 5.32 Å². The Balaban J connectivity index is 1.83. The summed E-state index contributed by atoms with van der Waals surface area (Å²) in [5.41, 5.74) is 5.84. The Morgan fingerprint density at radius 1 is 1.17 bits per heavy atom. The number of hydrogen-bond donors (Lipinski definition) is 2. The van der Waals surface area contributed by atoms with Crippen molar-refractivity contribution in [3.8, 4) is 0 Å². The topological polar surface area (TPSA) is 32.3 Å². The lowest BCUT2D eigenvalue weighted by molar-refractivity contribution is 0.208. The van der Waals surface area contributed by atoms with E-state index in [1.807, 2.05) is 0 Å². The molecule has 0 saturated heterocycles. The maximum Gasteiger partial charge on any atom is 0.0499 e. The molecule has 0 heterocycles. The van der Waals surface area contributed by atoms with Crippen LogP contribution >= 0.6 is 0 Å². The van der Waals surface area contributed by atoms with Crippen LogP contribution in [0, 0.1) is 26.2 Å². The first-order valence-corrected chi connectivity index (χ1v) is 6.95. The normalized spacial score (nSPS) is 16.9. The molecule has 0 aromatic heterocycles. The smallest absolute Gasteiger partial charge is 0.0499 e. The fourth-order valence-corrected chi connectivity index (χ4v) is 2.74. The standard InChI is InChI=1S/C16H25NO/c1-12-8-13(2)15(14(3)9-12)4-7-17-10-16(11-18)5-6-16/h8-9,17-18H,4-7,10-11H2,1-3H3. The van der Waals surface area contributed by atoms with Gasteiger partial charge in [0.05, 0.1) is 0 Å². The van der Waals surface area contributed by atoms with Crippen molar-refractivity contribution in [1.29, 1.82) is 0 Å². The Bertz CT molecular complexity index is 398. The van der Waals surface area contributed by atoms with Crippen molar-refractivity contribution in [2.24, 2.45) is 5.41 Å². The molecule has 1 aliphatic rings. The fraction of sp³-hybridized carbons (Fsp3) is 0.625. The van der Waals surface area contributed by atoms with Gasteiger partial charge in [0.1, 0.15) is 0 Å². The van der Waals surface area contributed by atoms with Gasteiger partial charge in [-0.25, -0.2) is 0 Å². The summed E-state index contributed by atoms with van der Waals surface area (Å²) >= 11 is 0. The van der Waals surface area contributed by atoms with Gasteiger partial charge < -0.3 is 10.4 Å². The van der Waals surface area contributed by atoms with Crippen molar-refractivity contribution in [2.75, 3.05) is 19.7 Å². The number of aliphatic hydroxyl groups is 1. The van der Waals surface area contributed by atoms with Crippen LogP contribution in [-0.2, 0) is 6.42 Å². The Kier molecular flexibility index (Phi) is 4.08. The molecule has 0 unspecified atom stereocenters. The lowest BCUT2D eigenvalue weighted by Crippen LogP contribution is -2.28. The van der Waals surface area contributed by atoms with E-state index in [-0.39, 0.29) is 5.41 Å². The summed E-state index contributed by atoms with van der Waals surface area (Å²) in [7, 11) is 0. The van der Waals surface area contributed by atoms with E-state index in [9.17, 15) is 5.11 Å². The summed E-state index contributed by atoms with van der Waals surface area (Å²) in [5.74, 6) is 0. The van der Waals surface area contributed by atoms with Crippen LogP contribution in [0.4, 0.5) is 0 Å². The number of aryl methyl sites for hydroxylation is 3. The van der Waals surface area contributed by atoms with E-state index in [0.717, 1.165) is 19.5 Å². The minimum Gasteiger partial charge on any atom is -0.396 e. The van der Waals surface area contributed by atoms with Gasteiger partial charge in [0.2, 0.25) is 0 Å². The molecule has 18 heavy (non-hydrogen) atoms. The second-order valence-electron chi connectivity index (χ2n) is 5.96. The SMILES string of the molecule is Cc1cc(C)c(CCNCC2(CO)CC2)c(C)c1. The molecule has 100 valence electrons. The van der Waals surface area contributed by atoms with Crippen LogP contribution in [0.2, 0.25) is 0 Å². The van der Waals surface area contributed by atoms with Gasteiger partial charge in [0.15, 0.2) is 0 Å². The van der Waals surface area contributed by atoms with Crippen molar-refractivity contribution in [2.45, 2.75) is 40.0 Å². The molecule has 0 atom stereocenters. The van der Waals surface area contributed by atoms with Gasteiger partial charge in [0, 0.05) is 18.6 Å². The molecule has 1 saturated carbocycles. The highest BCUT2D eigenvalue weighted by atomic mass is 16.3. The minimum atomic E-state index is 0.220. The van der Waals surface area contributed by atoms with Crippen LogP contribution < -0.4 is 5.32 Å². The summed E-state index contributed by atoms with van der Waals surface area (Å²) in [4.78, 5) is 0. The molecule has 2 nitrogen and oxygen atoms in total. The van der Waals surface area contributed by atoms with Crippen LogP contribution in [0.1, 0.15) is 35.1 Å². The number of aliphatic hydroxyl groups excluding tert-OH is 1. The highest BCUT2D eigenvalue weighted by Crippen LogP contribution is 2.44. The molecule has 2 heteroatoms. The summed E-state index contributed by atoms with van der Waals surface area (Å²) in [6.07, 6.45) is 3.44. The zero-order valence-corrected chi connectivity index (χ0v) is 11.8. The monoisotopic (exact) mass is 247 g/mol. The fourth-order valence-electron chi connectivity index (χ4n) is 2.74. The van der Waals surface area contributed by atoms with Gasteiger partial charge in [-0.05, 0) is 63.3 Å². The summed E-state index contributed by atoms with van der Waals surface area (Å²) in [6.45, 7) is 8.86. The number of nitrogens with one attached hydrogen (secondary N) is 1. The Morgan fingerprint density at radius 2 is 1.78 bits per heavy atom. The van der Waals surface area contributed by atoms with Crippen LogP contribution in [0.5, 0.6) is 0 Å². The average molecular weight is 247 g/mol. The van der Waals surface area contributed by atoms with E-state index in [2.05, 4.69) is 38.2 Å². The lowest BCUT2D eigenvalue weighted by Gasteiger charge is -2.15. The van der Waals surface area contributed by atoms with Crippen LogP contribution in [0.3, 0.4) is 0 Å². The minimum absolute atomic E-state index is 0.220. The number of benzene rings is 1. The molecule has 1 aromatic carbocycles. The molecule has 2 N–H and O–H groups in total. The van der Waals surface area contributed by atoms with Gasteiger partial charge in [-0.15, -0.1) is 0 Å². The first-order valence-electron chi connectivity index (χ1n) is 6.95. The van der Waals surface area contributed by atoms with Crippen molar-refractivity contribution < 1.29 is 5.11 Å². The zero-order valence-electron chi connectivity index (χ0n) is 11.8. The van der Waals surface area contributed by atoms with E-state index in [0.29, 0.717) is 6.61 Å². The molecule has 1 aromatic rings. The van der Waals surface area contributed by atoms with Gasteiger partial charge in [-0.3, -0.25) is 0 Å². The predicted octanol–water partition coefficient (Wildman–Crippen LogP) is 2.52. The number of rotatable bonds is 6. The average Bonchev–Trinajstić information content (AvgIpc) is 3.07. The summed E-state index contributed by atoms with van der Waals surface area (Å²) in [6, 6.07) is 4.52. The van der Waals surface area contributed by atoms with Crippen LogP contribution in [-0.4, -0.2) is 24.8 Å². The molecule has 1 aliphatic carbocycles. The van der Waals surface area contributed by atoms with Crippen LogP contribution in [0.15, 0.2) is 12.1 Å². The highest BCUT2D eigenvalue weighted by molar-refractivity contribution is 5.37. The molecule has 1 fully saturated rings. The lowest BCUT2D eigenvalue weighted by atomic mass is 9.97. The van der Waals surface area contributed by atoms with Gasteiger partial charge >= 0.3 is 0 Å². The third kappa shape index (κ3) is 3.12. The van der Waals surface area contributed by atoms with E-state index in [4.69, 9.17) is 0 Å². The molecule has 0 aliphatic heterocycles. The van der Waals surface area contributed by atoms with Gasteiger partial charge in [-0.2, -0.15) is 0 Å². The molecule has 0 amide bonds. The zero-order chi connectivity index (χ0) is 13.2. The Hall–Kier alpha value is -0.860. The molecule has 0 bridgehead atoms. The van der Waals surface area contributed by atoms with E-state index >= 15 is 0 Å². The van der Waals surface area contributed by atoms with Crippen molar-refractivity contribution in [3.63, 3.8) is 0 Å². The molecular weight excluding hydrogens is 222 g/mol. The maximum atomic E-state index is 9.25. The van der Waals surface area contributed by atoms with E-state index < -0.39 is 0 Å². The van der Waals surface area contributed by atoms with Crippen molar-refractivity contribution in [3.05, 3.63) is 34.4 Å². The largest absolute Gasteiger partial charge is 0.396 e. The first kappa shape index (κ1) is 13.6. The third-order valence-electron chi connectivity index (χ3n) is 4.18. The highest BCUT2D eigenvalue weighted by Gasteiger charge is 2.41. The summed E-state index contributed by atoms with van der Waals surface area (Å²) in [5, 5.41) is 12.7. The quantitative estimate of drug-likeness (QED) is 0.757. The molecule has 0 radical (unpaired) electrons. The molecular formula is C16H25NO.